The number of likely N-dealkylation sites (tertiary alicyclic amines) is 1. The number of benzene rings is 2. The van der Waals surface area contributed by atoms with Gasteiger partial charge in [0.2, 0.25) is 10.0 Å². The molecule has 0 unspecified atom stereocenters. The maximum atomic E-state index is 12.7. The Morgan fingerprint density at radius 3 is 2.04 bits per heavy atom. The fraction of sp³-hybridized carbons (Fsp3) is 0.429. The average molecular weight is 373 g/mol. The summed E-state index contributed by atoms with van der Waals surface area (Å²) in [4.78, 5) is 2.86. The van der Waals surface area contributed by atoms with Crippen molar-refractivity contribution in [2.24, 2.45) is 0 Å². The van der Waals surface area contributed by atoms with Gasteiger partial charge < -0.3 is 0 Å². The highest BCUT2D eigenvalue weighted by Gasteiger charge is 2.19. The van der Waals surface area contributed by atoms with E-state index >= 15 is 0 Å². The topological polar surface area (TPSA) is 49.4 Å². The first-order chi connectivity index (χ1) is 12.3. The van der Waals surface area contributed by atoms with Crippen molar-refractivity contribution >= 4 is 10.0 Å². The van der Waals surface area contributed by atoms with Gasteiger partial charge in [0.05, 0.1) is 4.90 Å². The molecule has 0 spiro atoms. The summed E-state index contributed by atoms with van der Waals surface area (Å²) in [5, 5.41) is 0. The molecule has 1 aliphatic heterocycles. The van der Waals surface area contributed by atoms with Crippen LogP contribution < -0.4 is 4.72 Å². The van der Waals surface area contributed by atoms with E-state index in [4.69, 9.17) is 0 Å². The van der Waals surface area contributed by atoms with Gasteiger partial charge in [0.25, 0.3) is 0 Å². The Kier molecular flexibility index (Phi) is 5.80. The summed E-state index contributed by atoms with van der Waals surface area (Å²) < 4.78 is 28.2. The number of nitrogens with one attached hydrogen (secondary N) is 1. The summed E-state index contributed by atoms with van der Waals surface area (Å²) in [7, 11) is -3.52. The third-order valence-electron chi connectivity index (χ3n) is 4.97. The van der Waals surface area contributed by atoms with E-state index in [1.54, 1.807) is 0 Å². The number of hydrogen-bond donors (Lipinski definition) is 1. The van der Waals surface area contributed by atoms with Gasteiger partial charge in [0, 0.05) is 13.1 Å². The third-order valence-corrected chi connectivity index (χ3v) is 6.67. The van der Waals surface area contributed by atoms with E-state index in [1.807, 2.05) is 45.0 Å². The lowest BCUT2D eigenvalue weighted by Crippen LogP contribution is -2.25. The Morgan fingerprint density at radius 1 is 0.923 bits per heavy atom. The molecule has 2 aromatic carbocycles. The fourth-order valence-electron chi connectivity index (χ4n) is 3.80. The molecule has 0 amide bonds. The molecule has 0 bridgehead atoms. The zero-order chi connectivity index (χ0) is 18.7. The van der Waals surface area contributed by atoms with Crippen molar-refractivity contribution < 1.29 is 8.42 Å². The highest BCUT2D eigenvalue weighted by molar-refractivity contribution is 7.89. The van der Waals surface area contributed by atoms with Crippen molar-refractivity contribution in [2.75, 3.05) is 13.1 Å². The lowest BCUT2D eigenvalue weighted by molar-refractivity contribution is 0.331. The van der Waals surface area contributed by atoms with Gasteiger partial charge in [-0.05, 0) is 69.0 Å². The van der Waals surface area contributed by atoms with Crippen molar-refractivity contribution in [2.45, 2.75) is 51.6 Å². The number of aryl methyl sites for hydroxylation is 3. The second kappa shape index (κ2) is 7.91. The highest BCUT2D eigenvalue weighted by atomic mass is 32.2. The molecule has 5 heteroatoms. The molecule has 0 atom stereocenters. The zero-order valence-electron chi connectivity index (χ0n) is 15.9. The zero-order valence-corrected chi connectivity index (χ0v) is 16.7. The van der Waals surface area contributed by atoms with Crippen molar-refractivity contribution in [3.05, 3.63) is 64.2 Å². The Labute approximate surface area is 157 Å². The number of rotatable bonds is 6. The first-order valence-corrected chi connectivity index (χ1v) is 10.7. The summed E-state index contributed by atoms with van der Waals surface area (Å²) in [5.74, 6) is 0. The third kappa shape index (κ3) is 4.53. The van der Waals surface area contributed by atoms with Crippen molar-refractivity contribution in [1.29, 1.82) is 0 Å². The molecule has 1 saturated heterocycles. The van der Waals surface area contributed by atoms with Gasteiger partial charge in [-0.3, -0.25) is 4.90 Å². The lowest BCUT2D eigenvalue weighted by atomic mass is 10.1. The van der Waals surface area contributed by atoms with E-state index < -0.39 is 10.0 Å². The minimum atomic E-state index is -3.52. The maximum absolute atomic E-state index is 12.7. The number of sulfonamides is 1. The quantitative estimate of drug-likeness (QED) is 0.841. The van der Waals surface area contributed by atoms with E-state index in [1.165, 1.54) is 31.5 Å². The van der Waals surface area contributed by atoms with Crippen LogP contribution in [-0.2, 0) is 23.1 Å². The van der Waals surface area contributed by atoms with Gasteiger partial charge in [-0.1, -0.05) is 42.0 Å². The fourth-order valence-corrected chi connectivity index (χ4v) is 5.27. The molecular weight excluding hydrogens is 344 g/mol. The summed E-state index contributed by atoms with van der Waals surface area (Å²) in [6.45, 7) is 9.32. The minimum Gasteiger partial charge on any atom is -0.299 e. The average Bonchev–Trinajstić information content (AvgIpc) is 3.06. The summed E-state index contributed by atoms with van der Waals surface area (Å²) in [6.07, 6.45) is 2.58. The molecule has 1 heterocycles. The van der Waals surface area contributed by atoms with Gasteiger partial charge in [-0.2, -0.15) is 0 Å². The van der Waals surface area contributed by atoms with E-state index in [-0.39, 0.29) is 0 Å². The molecule has 26 heavy (non-hydrogen) atoms. The van der Waals surface area contributed by atoms with Crippen molar-refractivity contribution in [1.82, 2.24) is 9.62 Å². The Balaban J connectivity index is 1.66. The van der Waals surface area contributed by atoms with Gasteiger partial charge in [0.15, 0.2) is 0 Å². The molecule has 0 radical (unpaired) electrons. The van der Waals surface area contributed by atoms with Crippen LogP contribution in [0.5, 0.6) is 0 Å². The van der Waals surface area contributed by atoms with Gasteiger partial charge in [-0.15, -0.1) is 0 Å². The molecular formula is C21H28N2O2S. The van der Waals surface area contributed by atoms with Crippen LogP contribution in [0.25, 0.3) is 0 Å². The molecule has 140 valence electrons. The molecule has 0 saturated carbocycles. The second-order valence-electron chi connectivity index (χ2n) is 7.35. The second-order valence-corrected chi connectivity index (χ2v) is 9.06. The van der Waals surface area contributed by atoms with Crippen LogP contribution in [0.1, 0.15) is 40.7 Å². The lowest BCUT2D eigenvalue weighted by Gasteiger charge is -2.15. The monoisotopic (exact) mass is 372 g/mol. The molecule has 0 aromatic heterocycles. The molecule has 1 aliphatic rings. The van der Waals surface area contributed by atoms with Crippen LogP contribution in [0.3, 0.4) is 0 Å². The summed E-state index contributed by atoms with van der Waals surface area (Å²) in [6, 6.07) is 12.1. The molecule has 0 aliphatic carbocycles. The normalized spacial score (nSPS) is 15.5. The Bertz CT molecular complexity index is 844. The number of hydrogen-bond acceptors (Lipinski definition) is 3. The Hall–Kier alpha value is -1.69. The largest absolute Gasteiger partial charge is 0.299 e. The SMILES string of the molecule is Cc1cc(C)c(S(=O)(=O)NCc2ccc(CN3CCCC3)cc2)c(C)c1. The van der Waals surface area contributed by atoms with Crippen LogP contribution in [0, 0.1) is 20.8 Å². The first kappa shape index (κ1) is 19.1. The van der Waals surface area contributed by atoms with Crippen LogP contribution in [0.4, 0.5) is 0 Å². The molecule has 4 nitrogen and oxygen atoms in total. The predicted molar refractivity (Wildman–Crippen MR) is 106 cm³/mol. The van der Waals surface area contributed by atoms with E-state index in [2.05, 4.69) is 21.8 Å². The highest BCUT2D eigenvalue weighted by Crippen LogP contribution is 2.22. The molecule has 3 rings (SSSR count). The predicted octanol–water partition coefficient (Wildman–Crippen LogP) is 3.69. The van der Waals surface area contributed by atoms with Crippen molar-refractivity contribution in [3.63, 3.8) is 0 Å². The number of nitrogens with zero attached hydrogens (tertiary/aromatic N) is 1. The van der Waals surface area contributed by atoms with Gasteiger partial charge in [-0.25, -0.2) is 13.1 Å². The molecule has 1 N–H and O–H groups in total. The molecule has 2 aromatic rings. The molecule has 1 fully saturated rings. The van der Waals surface area contributed by atoms with Crippen molar-refractivity contribution in [3.8, 4) is 0 Å². The van der Waals surface area contributed by atoms with E-state index in [0.717, 1.165) is 28.8 Å². The van der Waals surface area contributed by atoms with E-state index in [0.29, 0.717) is 11.4 Å². The standard InChI is InChI=1S/C21H28N2O2S/c1-16-12-17(2)21(18(3)13-16)26(24,25)22-14-19-6-8-20(9-7-19)15-23-10-4-5-11-23/h6-9,12-13,22H,4-5,10-11,14-15H2,1-3H3. The minimum absolute atomic E-state index is 0.305. The first-order valence-electron chi connectivity index (χ1n) is 9.23. The summed E-state index contributed by atoms with van der Waals surface area (Å²) >= 11 is 0. The van der Waals surface area contributed by atoms with Gasteiger partial charge in [0.1, 0.15) is 0 Å². The van der Waals surface area contributed by atoms with E-state index in [9.17, 15) is 8.42 Å². The Morgan fingerprint density at radius 2 is 1.46 bits per heavy atom. The van der Waals surface area contributed by atoms with Crippen LogP contribution in [0.15, 0.2) is 41.3 Å². The van der Waals surface area contributed by atoms with Gasteiger partial charge >= 0.3 is 0 Å². The van der Waals surface area contributed by atoms with Crippen LogP contribution >= 0.6 is 0 Å². The van der Waals surface area contributed by atoms with Crippen LogP contribution in [-0.4, -0.2) is 26.4 Å². The van der Waals surface area contributed by atoms with Crippen LogP contribution in [0.2, 0.25) is 0 Å². The maximum Gasteiger partial charge on any atom is 0.241 e. The smallest absolute Gasteiger partial charge is 0.241 e. The summed E-state index contributed by atoms with van der Waals surface area (Å²) in [5.41, 5.74) is 4.91.